The van der Waals surface area contributed by atoms with Crippen LogP contribution in [0.5, 0.6) is 0 Å². The van der Waals surface area contributed by atoms with E-state index in [-0.39, 0.29) is 18.2 Å². The molecular formula is C12H19N3O4. The summed E-state index contributed by atoms with van der Waals surface area (Å²) in [5.41, 5.74) is -1.21. The zero-order chi connectivity index (χ0) is 14.0. The number of rotatable bonds is 3. The Hall–Kier alpha value is -1.79. The molecule has 3 N–H and O–H groups in total. The van der Waals surface area contributed by atoms with E-state index in [4.69, 9.17) is 0 Å². The zero-order valence-corrected chi connectivity index (χ0v) is 10.9. The summed E-state index contributed by atoms with van der Waals surface area (Å²) >= 11 is 0. The molecule has 2 aliphatic rings. The molecule has 3 amide bonds. The molecule has 1 aliphatic heterocycles. The molecule has 0 radical (unpaired) electrons. The third kappa shape index (κ3) is 2.97. The van der Waals surface area contributed by atoms with Gasteiger partial charge in [-0.25, -0.2) is 9.59 Å². The van der Waals surface area contributed by atoms with Crippen molar-refractivity contribution in [2.24, 2.45) is 5.92 Å². The molecule has 106 valence electrons. The lowest BCUT2D eigenvalue weighted by Crippen LogP contribution is -2.57. The number of carboxylic acids is 1. The van der Waals surface area contributed by atoms with Crippen LogP contribution in [0.4, 0.5) is 4.79 Å². The summed E-state index contributed by atoms with van der Waals surface area (Å²) in [6, 6.07) is -0.409. The van der Waals surface area contributed by atoms with Crippen LogP contribution < -0.4 is 10.6 Å². The number of urea groups is 1. The van der Waals surface area contributed by atoms with Crippen molar-refractivity contribution in [2.75, 3.05) is 19.6 Å². The molecule has 19 heavy (non-hydrogen) atoms. The first kappa shape index (κ1) is 13.6. The third-order valence-corrected chi connectivity index (χ3v) is 3.80. The third-order valence-electron chi connectivity index (χ3n) is 3.80. The minimum atomic E-state index is -1.21. The SMILES string of the molecule is CC(NC(=O)N1CCNC(=O)CC1)(C(=O)O)C1CC1. The molecule has 0 spiro atoms. The first-order valence-electron chi connectivity index (χ1n) is 6.50. The van der Waals surface area contributed by atoms with Crippen LogP contribution >= 0.6 is 0 Å². The van der Waals surface area contributed by atoms with Crippen LogP contribution in [0.15, 0.2) is 0 Å². The molecule has 1 saturated carbocycles. The second-order valence-corrected chi connectivity index (χ2v) is 5.30. The van der Waals surface area contributed by atoms with Gasteiger partial charge in [0.05, 0.1) is 0 Å². The maximum atomic E-state index is 12.1. The minimum absolute atomic E-state index is 0.000634. The first-order valence-corrected chi connectivity index (χ1v) is 6.50. The molecule has 7 nitrogen and oxygen atoms in total. The van der Waals surface area contributed by atoms with Crippen molar-refractivity contribution in [3.8, 4) is 0 Å². The predicted octanol–water partition coefficient (Wildman–Crippen LogP) is -0.229. The Morgan fingerprint density at radius 3 is 2.68 bits per heavy atom. The molecule has 2 fully saturated rings. The van der Waals surface area contributed by atoms with Crippen LogP contribution in [0, 0.1) is 5.92 Å². The molecule has 1 aliphatic carbocycles. The van der Waals surface area contributed by atoms with E-state index in [1.165, 1.54) is 4.90 Å². The smallest absolute Gasteiger partial charge is 0.329 e. The quantitative estimate of drug-likeness (QED) is 0.659. The van der Waals surface area contributed by atoms with Gasteiger partial charge in [0.25, 0.3) is 0 Å². The highest BCUT2D eigenvalue weighted by Crippen LogP contribution is 2.39. The van der Waals surface area contributed by atoms with Gasteiger partial charge in [-0.3, -0.25) is 4.79 Å². The van der Waals surface area contributed by atoms with Crippen LogP contribution in [0.2, 0.25) is 0 Å². The Labute approximate surface area is 111 Å². The highest BCUT2D eigenvalue weighted by Gasteiger charge is 2.49. The van der Waals surface area contributed by atoms with Gasteiger partial charge in [0, 0.05) is 26.1 Å². The van der Waals surface area contributed by atoms with Crippen molar-refractivity contribution in [3.63, 3.8) is 0 Å². The van der Waals surface area contributed by atoms with E-state index in [1.54, 1.807) is 6.92 Å². The lowest BCUT2D eigenvalue weighted by atomic mass is 9.96. The standard InChI is InChI=1S/C12H19N3O4/c1-12(10(17)18,8-2-3-8)14-11(19)15-6-4-9(16)13-5-7-15/h8H,2-7H2,1H3,(H,13,16)(H,14,19)(H,17,18). The molecule has 1 unspecified atom stereocenters. The number of hydrogen-bond donors (Lipinski definition) is 3. The van der Waals surface area contributed by atoms with Gasteiger partial charge in [0.1, 0.15) is 5.54 Å². The average molecular weight is 269 g/mol. The van der Waals surface area contributed by atoms with Crippen molar-refractivity contribution >= 4 is 17.9 Å². The predicted molar refractivity (Wildman–Crippen MR) is 66.5 cm³/mol. The van der Waals surface area contributed by atoms with E-state index in [0.29, 0.717) is 19.6 Å². The van der Waals surface area contributed by atoms with Crippen molar-refractivity contribution in [1.29, 1.82) is 0 Å². The van der Waals surface area contributed by atoms with Crippen LogP contribution in [0.3, 0.4) is 0 Å². The van der Waals surface area contributed by atoms with Crippen molar-refractivity contribution in [2.45, 2.75) is 31.7 Å². The lowest BCUT2D eigenvalue weighted by molar-refractivity contribution is -0.144. The Balaban J connectivity index is 1.99. The number of nitrogens with one attached hydrogen (secondary N) is 2. The second kappa shape index (κ2) is 5.07. The fourth-order valence-electron chi connectivity index (χ4n) is 2.26. The Kier molecular flexibility index (Phi) is 3.64. The molecule has 7 heteroatoms. The topological polar surface area (TPSA) is 98.7 Å². The van der Waals surface area contributed by atoms with E-state index in [2.05, 4.69) is 10.6 Å². The fourth-order valence-corrected chi connectivity index (χ4v) is 2.26. The lowest BCUT2D eigenvalue weighted by Gasteiger charge is -2.30. The van der Waals surface area contributed by atoms with Crippen molar-refractivity contribution < 1.29 is 19.5 Å². The van der Waals surface area contributed by atoms with Crippen LogP contribution in [0.25, 0.3) is 0 Å². The number of carbonyl (C=O) groups excluding carboxylic acids is 2. The minimum Gasteiger partial charge on any atom is -0.480 e. The second-order valence-electron chi connectivity index (χ2n) is 5.30. The van der Waals surface area contributed by atoms with Crippen molar-refractivity contribution in [3.05, 3.63) is 0 Å². The van der Waals surface area contributed by atoms with E-state index in [9.17, 15) is 19.5 Å². The molecule has 1 heterocycles. The van der Waals surface area contributed by atoms with Crippen LogP contribution in [-0.4, -0.2) is 53.1 Å². The van der Waals surface area contributed by atoms with Crippen LogP contribution in [0.1, 0.15) is 26.2 Å². The fraction of sp³-hybridized carbons (Fsp3) is 0.750. The number of carboxylic acid groups (broad SMARTS) is 1. The highest BCUT2D eigenvalue weighted by atomic mass is 16.4. The average Bonchev–Trinajstić information content (AvgIpc) is 3.15. The van der Waals surface area contributed by atoms with Gasteiger partial charge in [-0.2, -0.15) is 0 Å². The monoisotopic (exact) mass is 269 g/mol. The Morgan fingerprint density at radius 1 is 1.42 bits per heavy atom. The highest BCUT2D eigenvalue weighted by molar-refractivity contribution is 5.87. The summed E-state index contributed by atoms with van der Waals surface area (Å²) in [5, 5.41) is 14.6. The van der Waals surface area contributed by atoms with Gasteiger partial charge in [-0.15, -0.1) is 0 Å². The Bertz CT molecular complexity index is 408. The number of hydrogen-bond acceptors (Lipinski definition) is 3. The molecular weight excluding hydrogens is 250 g/mol. The molecule has 1 atom stereocenters. The largest absolute Gasteiger partial charge is 0.480 e. The Morgan fingerprint density at radius 2 is 2.11 bits per heavy atom. The molecule has 0 bridgehead atoms. The van der Waals surface area contributed by atoms with E-state index in [1.807, 2.05) is 0 Å². The summed E-state index contributed by atoms with van der Waals surface area (Å²) in [7, 11) is 0. The summed E-state index contributed by atoms with van der Waals surface area (Å²) in [6.07, 6.45) is 1.90. The van der Waals surface area contributed by atoms with Gasteiger partial charge in [-0.1, -0.05) is 0 Å². The number of carbonyl (C=O) groups is 3. The maximum Gasteiger partial charge on any atom is 0.329 e. The summed E-state index contributed by atoms with van der Waals surface area (Å²) in [6.45, 7) is 2.67. The zero-order valence-electron chi connectivity index (χ0n) is 10.9. The summed E-state index contributed by atoms with van der Waals surface area (Å²) in [4.78, 5) is 36.2. The molecule has 1 saturated heterocycles. The number of amides is 3. The normalized spacial score (nSPS) is 23.0. The molecule has 0 aromatic heterocycles. The van der Waals surface area contributed by atoms with Crippen LogP contribution in [-0.2, 0) is 9.59 Å². The summed E-state index contributed by atoms with van der Waals surface area (Å²) < 4.78 is 0. The van der Waals surface area contributed by atoms with Gasteiger partial charge in [0.15, 0.2) is 0 Å². The van der Waals surface area contributed by atoms with E-state index in [0.717, 1.165) is 12.8 Å². The number of nitrogens with zero attached hydrogens (tertiary/aromatic N) is 1. The molecule has 0 aromatic carbocycles. The molecule has 0 aromatic rings. The van der Waals surface area contributed by atoms with Gasteiger partial charge >= 0.3 is 12.0 Å². The van der Waals surface area contributed by atoms with Gasteiger partial charge in [0.2, 0.25) is 5.91 Å². The summed E-state index contributed by atoms with van der Waals surface area (Å²) in [5.74, 6) is -1.09. The van der Waals surface area contributed by atoms with Gasteiger partial charge < -0.3 is 20.6 Å². The van der Waals surface area contributed by atoms with E-state index < -0.39 is 17.5 Å². The first-order chi connectivity index (χ1) is 8.93. The number of aliphatic carboxylic acids is 1. The maximum absolute atomic E-state index is 12.1. The molecule has 2 rings (SSSR count). The van der Waals surface area contributed by atoms with Crippen molar-refractivity contribution in [1.82, 2.24) is 15.5 Å². The van der Waals surface area contributed by atoms with E-state index >= 15 is 0 Å². The van der Waals surface area contributed by atoms with Gasteiger partial charge in [-0.05, 0) is 25.7 Å².